The molecule has 0 unspecified atom stereocenters. The second-order valence-corrected chi connectivity index (χ2v) is 8.68. The zero-order valence-corrected chi connectivity index (χ0v) is 20.3. The van der Waals surface area contributed by atoms with E-state index in [1.807, 2.05) is 13.8 Å². The number of ether oxygens (including phenoxy) is 2. The van der Waals surface area contributed by atoms with Crippen molar-refractivity contribution in [2.24, 2.45) is 5.92 Å². The molecule has 2 aromatic rings. The number of methoxy groups -OCH3 is 1. The van der Waals surface area contributed by atoms with E-state index >= 15 is 0 Å². The van der Waals surface area contributed by atoms with Crippen LogP contribution in [0.2, 0.25) is 0 Å². The molecule has 3 atom stereocenters. The molecule has 0 fully saturated rings. The molecule has 1 aromatic carbocycles. The van der Waals surface area contributed by atoms with Gasteiger partial charge in [0.05, 0.1) is 17.7 Å². The maximum Gasteiger partial charge on any atom is 0.257 e. The van der Waals surface area contributed by atoms with Gasteiger partial charge in [0.25, 0.3) is 11.8 Å². The minimum Gasteiger partial charge on any atom is -0.491 e. The highest BCUT2D eigenvalue weighted by Crippen LogP contribution is 2.27. The average Bonchev–Trinajstić information content (AvgIpc) is 2.82. The van der Waals surface area contributed by atoms with Crippen molar-refractivity contribution in [3.05, 3.63) is 53.9 Å². The minimum atomic E-state index is -0.301. The van der Waals surface area contributed by atoms with E-state index in [9.17, 15) is 14.4 Å². The number of likely N-dealkylation sites (N-methyl/N-ethyl adjacent to an activating group) is 1. The number of anilines is 1. The first-order valence-electron chi connectivity index (χ1n) is 11.2. The lowest BCUT2D eigenvalue weighted by atomic mass is 10.0. The van der Waals surface area contributed by atoms with Crippen molar-refractivity contribution in [2.75, 3.05) is 39.2 Å². The summed E-state index contributed by atoms with van der Waals surface area (Å²) in [4.78, 5) is 45.5. The molecule has 1 aliphatic rings. The van der Waals surface area contributed by atoms with Crippen molar-refractivity contribution in [2.45, 2.75) is 32.9 Å². The molecule has 0 bridgehead atoms. The van der Waals surface area contributed by atoms with Gasteiger partial charge in [0.15, 0.2) is 0 Å². The Hall–Kier alpha value is -3.46. The molecule has 0 saturated carbocycles. The summed E-state index contributed by atoms with van der Waals surface area (Å²) in [6.07, 6.45) is 2.90. The molecule has 1 aromatic heterocycles. The fraction of sp³-hybridized carbons (Fsp3) is 0.440. The van der Waals surface area contributed by atoms with E-state index in [2.05, 4.69) is 10.3 Å². The largest absolute Gasteiger partial charge is 0.491 e. The van der Waals surface area contributed by atoms with E-state index in [0.717, 1.165) is 0 Å². The second-order valence-electron chi connectivity index (χ2n) is 8.68. The Morgan fingerprint density at radius 3 is 2.50 bits per heavy atom. The molecule has 34 heavy (non-hydrogen) atoms. The minimum absolute atomic E-state index is 0.0467. The van der Waals surface area contributed by atoms with Crippen LogP contribution in [-0.2, 0) is 9.53 Å². The van der Waals surface area contributed by atoms with E-state index in [-0.39, 0.29) is 42.4 Å². The van der Waals surface area contributed by atoms with E-state index < -0.39 is 0 Å². The number of hydrogen-bond donors (Lipinski definition) is 1. The van der Waals surface area contributed by atoms with Gasteiger partial charge in [0.1, 0.15) is 12.4 Å². The van der Waals surface area contributed by atoms with Crippen LogP contribution in [0, 0.1) is 5.92 Å². The predicted molar refractivity (Wildman–Crippen MR) is 128 cm³/mol. The lowest BCUT2D eigenvalue weighted by Crippen LogP contribution is -2.48. The Bertz CT molecular complexity index is 1030. The molecule has 0 radical (unpaired) electrons. The molecule has 9 nitrogen and oxygen atoms in total. The third-order valence-corrected chi connectivity index (χ3v) is 5.96. The van der Waals surface area contributed by atoms with Gasteiger partial charge in [-0.15, -0.1) is 0 Å². The van der Waals surface area contributed by atoms with E-state index in [1.54, 1.807) is 66.7 Å². The normalized spacial score (nSPS) is 21.6. The number of hydrogen-bond acceptors (Lipinski definition) is 6. The van der Waals surface area contributed by atoms with Gasteiger partial charge >= 0.3 is 0 Å². The zero-order chi connectivity index (χ0) is 24.8. The molecule has 3 rings (SSSR count). The van der Waals surface area contributed by atoms with Gasteiger partial charge in [-0.1, -0.05) is 6.92 Å². The lowest BCUT2D eigenvalue weighted by molar-refractivity contribution is -0.114. The van der Waals surface area contributed by atoms with Crippen LogP contribution in [0.1, 0.15) is 41.5 Å². The van der Waals surface area contributed by atoms with Gasteiger partial charge < -0.3 is 24.6 Å². The Balaban J connectivity index is 2.00. The lowest BCUT2D eigenvalue weighted by Gasteiger charge is -2.36. The first-order chi connectivity index (χ1) is 16.2. The van der Waals surface area contributed by atoms with Crippen molar-refractivity contribution in [3.63, 3.8) is 0 Å². The molecular weight excluding hydrogens is 436 g/mol. The summed E-state index contributed by atoms with van der Waals surface area (Å²) in [5, 5.41) is 2.71. The summed E-state index contributed by atoms with van der Waals surface area (Å²) in [6.45, 7) is 6.25. The molecule has 9 heteroatoms. The number of fused-ring (bicyclic) bond motifs is 1. The topological polar surface area (TPSA) is 101 Å². The third-order valence-electron chi connectivity index (χ3n) is 5.96. The van der Waals surface area contributed by atoms with Gasteiger partial charge in [-0.25, -0.2) is 0 Å². The van der Waals surface area contributed by atoms with Crippen LogP contribution >= 0.6 is 0 Å². The highest BCUT2D eigenvalue weighted by molar-refractivity contribution is 5.98. The van der Waals surface area contributed by atoms with Crippen LogP contribution in [0.5, 0.6) is 5.75 Å². The molecule has 0 spiro atoms. The van der Waals surface area contributed by atoms with E-state index in [4.69, 9.17) is 9.47 Å². The first kappa shape index (κ1) is 25.2. The van der Waals surface area contributed by atoms with E-state index in [1.165, 1.54) is 6.92 Å². The van der Waals surface area contributed by atoms with Gasteiger partial charge in [0.2, 0.25) is 5.91 Å². The predicted octanol–water partition coefficient (Wildman–Crippen LogP) is 2.69. The fourth-order valence-electron chi connectivity index (χ4n) is 4.00. The van der Waals surface area contributed by atoms with E-state index in [0.29, 0.717) is 35.7 Å². The summed E-state index contributed by atoms with van der Waals surface area (Å²) in [6, 6.07) is 8.01. The Morgan fingerprint density at radius 1 is 1.15 bits per heavy atom. The van der Waals surface area contributed by atoms with Crippen LogP contribution < -0.4 is 10.1 Å². The van der Waals surface area contributed by atoms with Gasteiger partial charge in [-0.3, -0.25) is 19.4 Å². The summed E-state index contributed by atoms with van der Waals surface area (Å²) >= 11 is 0. The third kappa shape index (κ3) is 5.91. The maximum absolute atomic E-state index is 13.4. The number of carbonyl (C=O) groups excluding carboxylic acids is 3. The number of nitrogens with one attached hydrogen (secondary N) is 1. The number of pyridine rings is 1. The van der Waals surface area contributed by atoms with Crippen LogP contribution in [0.4, 0.5) is 5.69 Å². The molecule has 0 saturated heterocycles. The quantitative estimate of drug-likeness (QED) is 0.743. The fourth-order valence-corrected chi connectivity index (χ4v) is 4.00. The summed E-state index contributed by atoms with van der Waals surface area (Å²) in [5.41, 5.74) is 1.43. The standard InChI is InChI=1S/C25H32N4O5/c1-16-13-29(24(31)19-8-10-26-11-9-19)17(2)15-34-22-12-20(27-18(3)30)6-7-21(22)25(32)28(4)14-23(16)33-5/h6-12,16-17,23H,13-15H2,1-5H3,(H,27,30)/t16-,17-,23+/m1/s1. The van der Waals surface area contributed by atoms with Crippen molar-refractivity contribution < 1.29 is 23.9 Å². The number of nitrogens with zero attached hydrogens (tertiary/aromatic N) is 3. The molecule has 3 amide bonds. The van der Waals surface area contributed by atoms with Gasteiger partial charge in [0, 0.05) is 69.8 Å². The molecule has 1 aliphatic heterocycles. The first-order valence-corrected chi connectivity index (χ1v) is 11.2. The van der Waals surface area contributed by atoms with Gasteiger partial charge in [-0.05, 0) is 31.2 Å². The van der Waals surface area contributed by atoms with Crippen LogP contribution in [0.15, 0.2) is 42.7 Å². The summed E-state index contributed by atoms with van der Waals surface area (Å²) in [5.74, 6) is -0.273. The SMILES string of the molecule is CO[C@H]1CN(C)C(=O)c2ccc(NC(C)=O)cc2OC[C@@H](C)N(C(=O)c2ccncc2)C[C@H]1C. The Kier molecular flexibility index (Phi) is 8.22. The molecule has 2 heterocycles. The summed E-state index contributed by atoms with van der Waals surface area (Å²) < 4.78 is 11.8. The number of rotatable bonds is 3. The molecule has 1 N–H and O–H groups in total. The smallest absolute Gasteiger partial charge is 0.257 e. The molecular formula is C25H32N4O5. The number of amides is 3. The average molecular weight is 469 g/mol. The zero-order valence-electron chi connectivity index (χ0n) is 20.3. The van der Waals surface area contributed by atoms with Crippen molar-refractivity contribution in [3.8, 4) is 5.75 Å². The van der Waals surface area contributed by atoms with Gasteiger partial charge in [-0.2, -0.15) is 0 Å². The van der Waals surface area contributed by atoms with Crippen LogP contribution in [0.3, 0.4) is 0 Å². The number of carbonyl (C=O) groups is 3. The number of aromatic nitrogens is 1. The monoisotopic (exact) mass is 468 g/mol. The highest BCUT2D eigenvalue weighted by atomic mass is 16.5. The van der Waals surface area contributed by atoms with Crippen molar-refractivity contribution in [1.29, 1.82) is 0 Å². The van der Waals surface area contributed by atoms with Crippen LogP contribution in [0.25, 0.3) is 0 Å². The highest BCUT2D eigenvalue weighted by Gasteiger charge is 2.30. The van der Waals surface area contributed by atoms with Crippen LogP contribution in [-0.4, -0.2) is 78.5 Å². The molecule has 182 valence electrons. The Labute approximate surface area is 200 Å². The second kappa shape index (κ2) is 11.1. The molecule has 0 aliphatic carbocycles. The van der Waals surface area contributed by atoms with Crippen molar-refractivity contribution in [1.82, 2.24) is 14.8 Å². The number of benzene rings is 1. The van der Waals surface area contributed by atoms with Crippen molar-refractivity contribution >= 4 is 23.4 Å². The summed E-state index contributed by atoms with van der Waals surface area (Å²) in [7, 11) is 3.32. The Morgan fingerprint density at radius 2 is 1.85 bits per heavy atom. The maximum atomic E-state index is 13.4.